The summed E-state index contributed by atoms with van der Waals surface area (Å²) in [6.07, 6.45) is 1.73. The molecule has 5 heteroatoms. The number of halogens is 1. The molecule has 1 aromatic rings. The molecule has 0 saturated carbocycles. The van der Waals surface area contributed by atoms with Gasteiger partial charge >= 0.3 is 0 Å². The molecule has 0 aliphatic rings. The van der Waals surface area contributed by atoms with Crippen LogP contribution in [0, 0.1) is 0 Å². The number of aromatic nitrogens is 1. The smallest absolute Gasteiger partial charge is 0.236 e. The highest BCUT2D eigenvalue weighted by atomic mass is 79.9. The lowest BCUT2D eigenvalue weighted by molar-refractivity contribution is 0.565. The normalized spacial score (nSPS) is 11.5. The third-order valence-corrected chi connectivity index (χ3v) is 2.15. The van der Waals surface area contributed by atoms with Crippen LogP contribution in [0.4, 0.5) is 5.13 Å². The summed E-state index contributed by atoms with van der Waals surface area (Å²) in [5, 5.41) is 2.15. The van der Waals surface area contributed by atoms with Crippen molar-refractivity contribution in [2.75, 3.05) is 5.73 Å². The molecule has 0 amide bonds. The van der Waals surface area contributed by atoms with Crippen LogP contribution in [-0.4, -0.2) is 11.3 Å². The molecule has 0 aliphatic heterocycles. The number of thiazole rings is 1. The topological polar surface area (TPSA) is 56.0 Å². The molecule has 0 aliphatic carbocycles. The Kier molecular flexibility index (Phi) is 2.78. The van der Waals surface area contributed by atoms with Gasteiger partial charge in [0.1, 0.15) is 0 Å². The summed E-state index contributed by atoms with van der Waals surface area (Å²) in [7, 11) is 0. The summed E-state index contributed by atoms with van der Waals surface area (Å²) >= 11 is 4.31. The van der Waals surface area contributed by atoms with Gasteiger partial charge in [0, 0.05) is 5.38 Å². The number of anilines is 1. The van der Waals surface area contributed by atoms with Crippen molar-refractivity contribution < 1.29 is 4.79 Å². The maximum absolute atomic E-state index is 10.2. The maximum Gasteiger partial charge on any atom is 0.236 e. The minimum atomic E-state index is 0.373. The van der Waals surface area contributed by atoms with Crippen LogP contribution >= 0.6 is 27.3 Å². The summed E-state index contributed by atoms with van der Waals surface area (Å²) in [5.41, 5.74) is 6.29. The molecule has 0 unspecified atom stereocenters. The number of rotatable bonds is 2. The average molecular weight is 232 g/mol. The highest BCUT2D eigenvalue weighted by molar-refractivity contribution is 9.11. The van der Waals surface area contributed by atoms with Gasteiger partial charge in [-0.05, 0) is 4.99 Å². The van der Waals surface area contributed by atoms with Crippen molar-refractivity contribution in [3.63, 3.8) is 0 Å². The van der Waals surface area contributed by atoms with Gasteiger partial charge in [0.15, 0.2) is 5.13 Å². The Morgan fingerprint density at radius 3 is 3.00 bits per heavy atom. The van der Waals surface area contributed by atoms with E-state index in [1.54, 1.807) is 11.7 Å². The van der Waals surface area contributed by atoms with E-state index in [9.17, 15) is 4.79 Å². The van der Waals surface area contributed by atoms with Crippen LogP contribution in [0.2, 0.25) is 0 Å². The SMILES string of the molecule is Nc1nc(C([C]=O)=CBr)cs1. The van der Waals surface area contributed by atoms with Gasteiger partial charge < -0.3 is 5.73 Å². The van der Waals surface area contributed by atoms with Gasteiger partial charge in [0.05, 0.1) is 11.3 Å². The molecular weight excluding hydrogens is 228 g/mol. The summed E-state index contributed by atoms with van der Waals surface area (Å²) in [6.45, 7) is 0. The van der Waals surface area contributed by atoms with Gasteiger partial charge in [-0.2, -0.15) is 0 Å². The molecule has 3 nitrogen and oxygen atoms in total. The highest BCUT2D eigenvalue weighted by Crippen LogP contribution is 2.18. The first kappa shape index (κ1) is 8.42. The molecule has 11 heavy (non-hydrogen) atoms. The summed E-state index contributed by atoms with van der Waals surface area (Å²) in [6, 6.07) is 0. The molecule has 2 N–H and O–H groups in total. The number of carbonyl (C=O) groups excluding carboxylic acids is 1. The van der Waals surface area contributed by atoms with Gasteiger partial charge in [-0.1, -0.05) is 15.9 Å². The van der Waals surface area contributed by atoms with Crippen molar-refractivity contribution in [2.45, 2.75) is 0 Å². The van der Waals surface area contributed by atoms with Crippen molar-refractivity contribution in [2.24, 2.45) is 0 Å². The van der Waals surface area contributed by atoms with Crippen LogP contribution in [0.5, 0.6) is 0 Å². The zero-order valence-electron chi connectivity index (χ0n) is 5.37. The molecule has 1 heterocycles. The summed E-state index contributed by atoms with van der Waals surface area (Å²) in [4.78, 5) is 15.6. The molecule has 0 bridgehead atoms. The Morgan fingerprint density at radius 1 is 1.91 bits per heavy atom. The number of nitrogens with zero attached hydrogens (tertiary/aromatic N) is 1. The van der Waals surface area contributed by atoms with E-state index in [0.717, 1.165) is 0 Å². The second kappa shape index (κ2) is 3.64. The molecular formula is C6H4BrN2OS. The van der Waals surface area contributed by atoms with Gasteiger partial charge in [-0.25, -0.2) is 4.98 Å². The summed E-state index contributed by atoms with van der Waals surface area (Å²) < 4.78 is 0. The van der Waals surface area contributed by atoms with E-state index in [1.807, 2.05) is 0 Å². The zero-order valence-corrected chi connectivity index (χ0v) is 7.78. The Labute approximate surface area is 76.1 Å². The number of hydrogen-bond acceptors (Lipinski definition) is 4. The van der Waals surface area contributed by atoms with Crippen LogP contribution in [-0.2, 0) is 4.79 Å². The highest BCUT2D eigenvalue weighted by Gasteiger charge is 2.03. The number of allylic oxidation sites excluding steroid dienone is 1. The fraction of sp³-hybridized carbons (Fsp3) is 0. The van der Waals surface area contributed by atoms with Crippen molar-refractivity contribution in [3.8, 4) is 0 Å². The molecule has 0 saturated heterocycles. The van der Waals surface area contributed by atoms with Crippen LogP contribution in [0.25, 0.3) is 5.57 Å². The van der Waals surface area contributed by atoms with Crippen LogP contribution in [0.3, 0.4) is 0 Å². The zero-order chi connectivity index (χ0) is 8.27. The van der Waals surface area contributed by atoms with E-state index < -0.39 is 0 Å². The van der Waals surface area contributed by atoms with Crippen molar-refractivity contribution in [1.82, 2.24) is 4.98 Å². The molecule has 0 aromatic carbocycles. The monoisotopic (exact) mass is 231 g/mol. The van der Waals surface area contributed by atoms with Gasteiger partial charge in [-0.3, -0.25) is 4.79 Å². The largest absolute Gasteiger partial charge is 0.375 e. The lowest BCUT2D eigenvalue weighted by atomic mass is 10.3. The fourth-order valence-electron chi connectivity index (χ4n) is 0.542. The number of nitrogens with two attached hydrogens (primary N) is 1. The standard InChI is InChI=1S/C6H4BrN2OS/c7-1-4(2-10)5-3-11-6(8)9-5/h1,3H,(H2,8,9). The van der Waals surface area contributed by atoms with Crippen LogP contribution < -0.4 is 5.73 Å². The molecule has 1 rings (SSSR count). The van der Waals surface area contributed by atoms with E-state index in [2.05, 4.69) is 20.9 Å². The Morgan fingerprint density at radius 2 is 2.64 bits per heavy atom. The first-order chi connectivity index (χ1) is 5.27. The molecule has 57 valence electrons. The Balaban J connectivity index is 3.00. The molecule has 0 spiro atoms. The maximum atomic E-state index is 10.2. The van der Waals surface area contributed by atoms with E-state index in [1.165, 1.54) is 16.3 Å². The van der Waals surface area contributed by atoms with Gasteiger partial charge in [-0.15, -0.1) is 11.3 Å². The average Bonchev–Trinajstić information content (AvgIpc) is 2.39. The third kappa shape index (κ3) is 1.87. The predicted molar refractivity (Wildman–Crippen MR) is 49.1 cm³/mol. The minimum Gasteiger partial charge on any atom is -0.375 e. The molecule has 0 atom stereocenters. The lowest BCUT2D eigenvalue weighted by Gasteiger charge is -1.86. The van der Waals surface area contributed by atoms with Gasteiger partial charge in [0.2, 0.25) is 6.29 Å². The number of hydrogen-bond donors (Lipinski definition) is 1. The third-order valence-electron chi connectivity index (χ3n) is 1.02. The minimum absolute atomic E-state index is 0.373. The molecule has 1 radical (unpaired) electrons. The number of nitrogen functional groups attached to an aromatic ring is 1. The predicted octanol–water partition coefficient (Wildman–Crippen LogP) is 1.57. The van der Waals surface area contributed by atoms with E-state index in [0.29, 0.717) is 16.4 Å². The van der Waals surface area contributed by atoms with Crippen molar-refractivity contribution >= 4 is 44.3 Å². The van der Waals surface area contributed by atoms with Gasteiger partial charge in [0.25, 0.3) is 0 Å². The lowest BCUT2D eigenvalue weighted by Crippen LogP contribution is -1.86. The Bertz CT molecular complexity index is 295. The Hall–Kier alpha value is -0.680. The van der Waals surface area contributed by atoms with Crippen molar-refractivity contribution in [1.29, 1.82) is 0 Å². The van der Waals surface area contributed by atoms with E-state index >= 15 is 0 Å². The van der Waals surface area contributed by atoms with E-state index in [4.69, 9.17) is 5.73 Å². The quantitative estimate of drug-likeness (QED) is 0.787. The first-order valence-corrected chi connectivity index (χ1v) is 4.47. The van der Waals surface area contributed by atoms with Crippen molar-refractivity contribution in [3.05, 3.63) is 16.1 Å². The second-order valence-electron chi connectivity index (χ2n) is 1.70. The molecule has 0 fully saturated rings. The van der Waals surface area contributed by atoms with Crippen LogP contribution in [0.1, 0.15) is 5.69 Å². The fourth-order valence-corrected chi connectivity index (χ4v) is 1.43. The molecule has 1 aromatic heterocycles. The van der Waals surface area contributed by atoms with E-state index in [-0.39, 0.29) is 0 Å². The second-order valence-corrected chi connectivity index (χ2v) is 3.04. The van der Waals surface area contributed by atoms with Crippen LogP contribution in [0.15, 0.2) is 10.4 Å². The summed E-state index contributed by atoms with van der Waals surface area (Å²) in [5.74, 6) is 0. The first-order valence-electron chi connectivity index (χ1n) is 2.68.